The Morgan fingerprint density at radius 2 is 1.80 bits per heavy atom. The molecule has 3 heterocycles. The van der Waals surface area contributed by atoms with E-state index in [2.05, 4.69) is 10.3 Å². The smallest absolute Gasteiger partial charge is 0.312 e. The third-order valence-electron chi connectivity index (χ3n) is 8.00. The Balaban J connectivity index is 1.81. The highest BCUT2D eigenvalue weighted by Gasteiger charge is 2.55. The lowest BCUT2D eigenvalue weighted by Crippen LogP contribution is -2.54. The predicted octanol–water partition coefficient (Wildman–Crippen LogP) is 2.64. The number of nitrogens with one attached hydrogen (secondary N) is 1. The van der Waals surface area contributed by atoms with Gasteiger partial charge in [-0.2, -0.15) is 0 Å². The van der Waals surface area contributed by atoms with Gasteiger partial charge in [0.1, 0.15) is 17.2 Å². The molecule has 10 nitrogen and oxygen atoms in total. The molecule has 1 saturated carbocycles. The van der Waals surface area contributed by atoms with Gasteiger partial charge in [-0.1, -0.05) is 23.7 Å². The molecule has 2 aromatic rings. The SMILES string of the molecule is CN(C)C(=O)C(=O)N(C)C12CCC(CC(F)F)(CC1)Cn1c2nc(C(=O)NCc2cccc(Cl)c2F)c(O)c1=O. The van der Waals surface area contributed by atoms with Crippen LogP contribution < -0.4 is 10.9 Å². The average Bonchev–Trinajstić information content (AvgIpc) is 3.13. The molecule has 0 atom stereocenters. The topological polar surface area (TPSA) is 125 Å². The Morgan fingerprint density at radius 3 is 2.40 bits per heavy atom. The fourth-order valence-corrected chi connectivity index (χ4v) is 5.86. The normalized spacial score (nSPS) is 21.5. The van der Waals surface area contributed by atoms with Crippen LogP contribution in [0.1, 0.15) is 54.0 Å². The van der Waals surface area contributed by atoms with Gasteiger partial charge in [0.25, 0.3) is 11.5 Å². The Morgan fingerprint density at radius 1 is 1.15 bits per heavy atom. The molecule has 1 aliphatic carbocycles. The third-order valence-corrected chi connectivity index (χ3v) is 8.29. The number of amides is 3. The van der Waals surface area contributed by atoms with Crippen molar-refractivity contribution in [1.82, 2.24) is 24.7 Å². The Labute approximate surface area is 232 Å². The molecule has 0 saturated heterocycles. The van der Waals surface area contributed by atoms with Crippen molar-refractivity contribution in [2.24, 2.45) is 5.41 Å². The van der Waals surface area contributed by atoms with Crippen LogP contribution in [0.2, 0.25) is 5.02 Å². The van der Waals surface area contributed by atoms with E-state index >= 15 is 0 Å². The van der Waals surface area contributed by atoms with Gasteiger partial charge >= 0.3 is 11.8 Å². The number of aromatic nitrogens is 2. The summed E-state index contributed by atoms with van der Waals surface area (Å²) in [6, 6.07) is 4.20. The van der Waals surface area contributed by atoms with Gasteiger partial charge in [0.2, 0.25) is 12.2 Å². The number of carbonyl (C=O) groups is 3. The zero-order chi connectivity index (χ0) is 29.6. The monoisotopic (exact) mass is 583 g/mol. The minimum absolute atomic E-state index is 0.0448. The molecule has 2 bridgehead atoms. The van der Waals surface area contributed by atoms with Crippen LogP contribution in [-0.2, 0) is 28.2 Å². The number of hydrogen-bond acceptors (Lipinski definition) is 6. The van der Waals surface area contributed by atoms with Crippen molar-refractivity contribution >= 4 is 29.3 Å². The van der Waals surface area contributed by atoms with Crippen LogP contribution in [0.25, 0.3) is 0 Å². The molecule has 40 heavy (non-hydrogen) atoms. The first kappa shape index (κ1) is 29.4. The van der Waals surface area contributed by atoms with E-state index in [1.165, 1.54) is 39.3 Å². The van der Waals surface area contributed by atoms with Crippen molar-refractivity contribution in [2.75, 3.05) is 21.1 Å². The van der Waals surface area contributed by atoms with E-state index in [1.54, 1.807) is 0 Å². The van der Waals surface area contributed by atoms with E-state index in [0.29, 0.717) is 0 Å². The van der Waals surface area contributed by atoms with E-state index < -0.39 is 64.3 Å². The van der Waals surface area contributed by atoms with E-state index in [-0.39, 0.29) is 55.2 Å². The molecule has 3 aliphatic rings. The van der Waals surface area contributed by atoms with Gasteiger partial charge in [-0.3, -0.25) is 23.7 Å². The van der Waals surface area contributed by atoms with Gasteiger partial charge in [0, 0.05) is 46.2 Å². The van der Waals surface area contributed by atoms with Gasteiger partial charge in [-0.05, 0) is 37.2 Å². The number of carbonyl (C=O) groups excluding carboxylic acids is 3. The Kier molecular flexibility index (Phi) is 7.90. The second-order valence-corrected chi connectivity index (χ2v) is 11.0. The van der Waals surface area contributed by atoms with Crippen molar-refractivity contribution in [1.29, 1.82) is 0 Å². The molecule has 0 unspecified atom stereocenters. The molecule has 2 N–H and O–H groups in total. The summed E-state index contributed by atoms with van der Waals surface area (Å²) in [6.45, 7) is -0.559. The number of fused-ring (bicyclic) bond motifs is 2. The summed E-state index contributed by atoms with van der Waals surface area (Å²) in [4.78, 5) is 58.8. The van der Waals surface area contributed by atoms with Crippen molar-refractivity contribution in [3.63, 3.8) is 0 Å². The molecular formula is C26H29ClF3N5O5. The van der Waals surface area contributed by atoms with E-state index in [1.807, 2.05) is 0 Å². The van der Waals surface area contributed by atoms with Crippen LogP contribution in [-0.4, -0.2) is 69.7 Å². The number of alkyl halides is 2. The van der Waals surface area contributed by atoms with E-state index in [9.17, 15) is 37.5 Å². The number of halogens is 4. The van der Waals surface area contributed by atoms with E-state index in [4.69, 9.17) is 11.6 Å². The molecule has 0 radical (unpaired) electrons. The standard InChI is InChI=1S/C26H29ClF3N5O5/c1-33(2)22(39)23(40)34(3)26-9-7-25(8-10-26,11-16(28)29)13-35-21(38)19(36)18(32-24(26)35)20(37)31-12-14-5-4-6-15(27)17(14)30/h4-6,16,36H,7-13H2,1-3H3,(H,31,37). The van der Waals surface area contributed by atoms with Crippen LogP contribution in [0.3, 0.4) is 0 Å². The van der Waals surface area contributed by atoms with Crippen molar-refractivity contribution in [3.05, 3.63) is 56.5 Å². The van der Waals surface area contributed by atoms with Crippen molar-refractivity contribution in [3.8, 4) is 5.75 Å². The molecule has 1 aromatic heterocycles. The molecule has 216 valence electrons. The number of aromatic hydroxyl groups is 1. The van der Waals surface area contributed by atoms with Crippen LogP contribution in [0, 0.1) is 11.2 Å². The molecule has 5 rings (SSSR count). The van der Waals surface area contributed by atoms with E-state index in [0.717, 1.165) is 14.4 Å². The zero-order valence-electron chi connectivity index (χ0n) is 22.1. The summed E-state index contributed by atoms with van der Waals surface area (Å²) < 4.78 is 42.6. The van der Waals surface area contributed by atoms with Crippen LogP contribution in [0.15, 0.2) is 23.0 Å². The number of nitrogens with zero attached hydrogens (tertiary/aromatic N) is 4. The lowest BCUT2D eigenvalue weighted by Gasteiger charge is -2.46. The maximum Gasteiger partial charge on any atom is 0.312 e. The second-order valence-electron chi connectivity index (χ2n) is 10.6. The maximum atomic E-state index is 14.3. The maximum absolute atomic E-state index is 14.3. The van der Waals surface area contributed by atoms with Gasteiger partial charge in [0.05, 0.1) is 5.02 Å². The van der Waals surface area contributed by atoms with Crippen LogP contribution in [0.4, 0.5) is 13.2 Å². The highest BCUT2D eigenvalue weighted by Crippen LogP contribution is 2.54. The number of rotatable bonds is 6. The van der Waals surface area contributed by atoms with Gasteiger partial charge in [-0.15, -0.1) is 0 Å². The summed E-state index contributed by atoms with van der Waals surface area (Å²) in [5.41, 5.74) is -4.10. The fourth-order valence-electron chi connectivity index (χ4n) is 5.67. The van der Waals surface area contributed by atoms with Crippen LogP contribution >= 0.6 is 11.6 Å². The molecule has 1 aromatic carbocycles. The third kappa shape index (κ3) is 5.02. The van der Waals surface area contributed by atoms with Gasteiger partial charge in [0.15, 0.2) is 5.69 Å². The number of likely N-dealkylation sites (N-methyl/N-ethyl adjacent to an activating group) is 2. The average molecular weight is 584 g/mol. The quantitative estimate of drug-likeness (QED) is 0.504. The highest BCUT2D eigenvalue weighted by molar-refractivity contribution is 6.34. The number of benzene rings is 1. The second kappa shape index (κ2) is 10.8. The van der Waals surface area contributed by atoms with Gasteiger partial charge in [-0.25, -0.2) is 18.2 Å². The summed E-state index contributed by atoms with van der Waals surface area (Å²) in [5.74, 6) is -4.63. The lowest BCUT2D eigenvalue weighted by molar-refractivity contribution is -0.155. The van der Waals surface area contributed by atoms with Crippen LogP contribution in [0.5, 0.6) is 5.75 Å². The highest BCUT2D eigenvalue weighted by atomic mass is 35.5. The summed E-state index contributed by atoms with van der Waals surface area (Å²) in [5, 5.41) is 13.0. The first-order valence-corrected chi connectivity index (χ1v) is 12.9. The summed E-state index contributed by atoms with van der Waals surface area (Å²) >= 11 is 5.79. The molecule has 1 fully saturated rings. The lowest BCUT2D eigenvalue weighted by atomic mass is 9.66. The summed E-state index contributed by atoms with van der Waals surface area (Å²) in [7, 11) is 4.15. The molecule has 0 spiro atoms. The first-order valence-electron chi connectivity index (χ1n) is 12.6. The minimum Gasteiger partial charge on any atom is -0.501 e. The predicted molar refractivity (Wildman–Crippen MR) is 137 cm³/mol. The molecule has 14 heteroatoms. The zero-order valence-corrected chi connectivity index (χ0v) is 22.9. The Bertz CT molecular complexity index is 1420. The van der Waals surface area contributed by atoms with Gasteiger partial charge < -0.3 is 20.2 Å². The van der Waals surface area contributed by atoms with Crippen molar-refractivity contribution in [2.45, 2.75) is 57.2 Å². The molecule has 2 aliphatic heterocycles. The first-order chi connectivity index (χ1) is 18.7. The summed E-state index contributed by atoms with van der Waals surface area (Å²) in [6.07, 6.45) is -2.63. The minimum atomic E-state index is -2.67. The molecular weight excluding hydrogens is 555 g/mol. The largest absolute Gasteiger partial charge is 0.501 e. The fraction of sp³-hybridized carbons (Fsp3) is 0.500. The Hall–Kier alpha value is -3.61. The molecule has 3 amide bonds. The van der Waals surface area contributed by atoms with Crippen molar-refractivity contribution < 1.29 is 32.7 Å². The number of hydrogen-bond donors (Lipinski definition) is 2.